The van der Waals surface area contributed by atoms with Gasteiger partial charge in [-0.05, 0) is 25.5 Å². The van der Waals surface area contributed by atoms with Crippen molar-refractivity contribution in [3.8, 4) is 0 Å². The summed E-state index contributed by atoms with van der Waals surface area (Å²) in [6.45, 7) is 4.11. The molecule has 23 heavy (non-hydrogen) atoms. The summed E-state index contributed by atoms with van der Waals surface area (Å²) in [7, 11) is 0. The number of nitrogens with one attached hydrogen (secondary N) is 1. The number of anilines is 1. The lowest BCUT2D eigenvalue weighted by Crippen LogP contribution is -2.09. The van der Waals surface area contributed by atoms with Crippen LogP contribution in [0.2, 0.25) is 0 Å². The van der Waals surface area contributed by atoms with Crippen molar-refractivity contribution in [1.29, 1.82) is 0 Å². The van der Waals surface area contributed by atoms with Crippen LogP contribution in [0.5, 0.6) is 0 Å². The zero-order valence-corrected chi connectivity index (χ0v) is 13.9. The smallest absolute Gasteiger partial charge is 0.311 e. The van der Waals surface area contributed by atoms with E-state index in [2.05, 4.69) is 10.3 Å². The second-order valence-corrected chi connectivity index (χ2v) is 5.72. The van der Waals surface area contributed by atoms with Crippen LogP contribution in [0, 0.1) is 6.92 Å². The van der Waals surface area contributed by atoms with Gasteiger partial charge in [-0.2, -0.15) is 0 Å². The Hall–Kier alpha value is -2.47. The van der Waals surface area contributed by atoms with Crippen molar-refractivity contribution < 1.29 is 14.3 Å². The fraction of sp³-hybridized carbons (Fsp3) is 0.235. The molecule has 5 nitrogen and oxygen atoms in total. The molecule has 0 saturated heterocycles. The minimum Gasteiger partial charge on any atom is -0.466 e. The largest absolute Gasteiger partial charge is 0.466 e. The Labute approximate surface area is 139 Å². The van der Waals surface area contributed by atoms with Crippen molar-refractivity contribution in [1.82, 2.24) is 4.98 Å². The van der Waals surface area contributed by atoms with Crippen LogP contribution in [0.1, 0.15) is 23.7 Å². The Morgan fingerprint density at radius 3 is 2.74 bits per heavy atom. The predicted molar refractivity (Wildman–Crippen MR) is 91.3 cm³/mol. The molecule has 0 fully saturated rings. The molecule has 0 unspecified atom stereocenters. The molecule has 6 heteroatoms. The molecule has 0 saturated carbocycles. The van der Waals surface area contributed by atoms with Crippen LogP contribution in [0.3, 0.4) is 0 Å². The van der Waals surface area contributed by atoms with E-state index in [1.165, 1.54) is 23.0 Å². The first-order chi connectivity index (χ1) is 11.1. The van der Waals surface area contributed by atoms with Gasteiger partial charge in [0.2, 0.25) is 5.91 Å². The number of aromatic nitrogens is 1. The summed E-state index contributed by atoms with van der Waals surface area (Å²) in [6, 6.07) is 7.86. The van der Waals surface area contributed by atoms with Crippen molar-refractivity contribution in [2.75, 3.05) is 11.9 Å². The quantitative estimate of drug-likeness (QED) is 0.652. The van der Waals surface area contributed by atoms with Gasteiger partial charge < -0.3 is 4.74 Å². The monoisotopic (exact) mass is 330 g/mol. The third-order valence-corrected chi connectivity index (χ3v) is 3.72. The maximum Gasteiger partial charge on any atom is 0.311 e. The summed E-state index contributed by atoms with van der Waals surface area (Å²) >= 11 is 1.28. The maximum absolute atomic E-state index is 11.9. The molecule has 0 aliphatic carbocycles. The summed E-state index contributed by atoms with van der Waals surface area (Å²) < 4.78 is 4.86. The predicted octanol–water partition coefficient (Wildman–Crippen LogP) is 3.21. The van der Waals surface area contributed by atoms with E-state index in [-0.39, 0.29) is 18.3 Å². The van der Waals surface area contributed by atoms with E-state index in [0.717, 1.165) is 5.56 Å². The lowest BCUT2D eigenvalue weighted by atomic mass is 10.1. The van der Waals surface area contributed by atoms with Gasteiger partial charge in [0.15, 0.2) is 5.13 Å². The molecule has 1 aromatic heterocycles. The number of nitrogens with zero attached hydrogens (tertiary/aromatic N) is 1. The highest BCUT2D eigenvalue weighted by molar-refractivity contribution is 7.14. The number of hydrogen-bond acceptors (Lipinski definition) is 5. The van der Waals surface area contributed by atoms with Crippen LogP contribution in [-0.4, -0.2) is 23.5 Å². The van der Waals surface area contributed by atoms with E-state index in [1.807, 2.05) is 31.2 Å². The van der Waals surface area contributed by atoms with E-state index in [9.17, 15) is 9.59 Å². The molecule has 2 rings (SSSR count). The van der Waals surface area contributed by atoms with Crippen LogP contribution >= 0.6 is 11.3 Å². The number of thiazole rings is 1. The summed E-state index contributed by atoms with van der Waals surface area (Å²) in [5, 5.41) is 4.87. The van der Waals surface area contributed by atoms with E-state index < -0.39 is 0 Å². The van der Waals surface area contributed by atoms with Crippen molar-refractivity contribution in [3.63, 3.8) is 0 Å². The summed E-state index contributed by atoms with van der Waals surface area (Å²) in [5.41, 5.74) is 2.71. The standard InChI is InChI=1S/C17H18N2O3S/c1-3-22-16(21)10-14-11-23-17(18-14)19-15(20)9-8-13-6-4-12(2)5-7-13/h4-9,11H,3,10H2,1-2H3,(H,18,19,20). The molecule has 1 aromatic carbocycles. The number of esters is 1. The van der Waals surface area contributed by atoms with Crippen molar-refractivity contribution in [2.24, 2.45) is 0 Å². The fourth-order valence-electron chi connectivity index (χ4n) is 1.80. The van der Waals surface area contributed by atoms with Gasteiger partial charge in [0.05, 0.1) is 18.7 Å². The Balaban J connectivity index is 1.89. The molecule has 1 heterocycles. The second kappa shape index (κ2) is 8.24. The lowest BCUT2D eigenvalue weighted by Gasteiger charge is -1.98. The minimum absolute atomic E-state index is 0.111. The minimum atomic E-state index is -0.324. The molecule has 0 aliphatic rings. The Kier molecular flexibility index (Phi) is 6.05. The fourth-order valence-corrected chi connectivity index (χ4v) is 2.52. The number of carbonyl (C=O) groups excluding carboxylic acids is 2. The second-order valence-electron chi connectivity index (χ2n) is 4.86. The first-order valence-corrected chi connectivity index (χ1v) is 8.10. The SMILES string of the molecule is CCOC(=O)Cc1csc(NC(=O)C=Cc2ccc(C)cc2)n1. The molecule has 0 aliphatic heterocycles. The average molecular weight is 330 g/mol. The lowest BCUT2D eigenvalue weighted by molar-refractivity contribution is -0.142. The molecule has 0 spiro atoms. The van der Waals surface area contributed by atoms with E-state index >= 15 is 0 Å². The van der Waals surface area contributed by atoms with Gasteiger partial charge >= 0.3 is 5.97 Å². The van der Waals surface area contributed by atoms with Gasteiger partial charge in [0.1, 0.15) is 0 Å². The first kappa shape index (κ1) is 16.9. The Morgan fingerprint density at radius 1 is 1.30 bits per heavy atom. The van der Waals surface area contributed by atoms with Crippen LogP contribution in [0.4, 0.5) is 5.13 Å². The Bertz CT molecular complexity index is 705. The van der Waals surface area contributed by atoms with Gasteiger partial charge in [-0.15, -0.1) is 11.3 Å². The maximum atomic E-state index is 11.9. The normalized spacial score (nSPS) is 10.7. The van der Waals surface area contributed by atoms with Crippen molar-refractivity contribution in [3.05, 3.63) is 52.5 Å². The van der Waals surface area contributed by atoms with E-state index in [1.54, 1.807) is 18.4 Å². The molecule has 0 atom stereocenters. The van der Waals surface area contributed by atoms with Crippen LogP contribution < -0.4 is 5.32 Å². The number of benzene rings is 1. The Morgan fingerprint density at radius 2 is 2.04 bits per heavy atom. The summed E-state index contributed by atoms with van der Waals surface area (Å²) in [6.07, 6.45) is 3.30. The number of hydrogen-bond donors (Lipinski definition) is 1. The molecule has 1 amide bonds. The van der Waals surface area contributed by atoms with Crippen LogP contribution in [-0.2, 0) is 20.7 Å². The number of carbonyl (C=O) groups is 2. The van der Waals surface area contributed by atoms with Gasteiger partial charge in [0, 0.05) is 11.5 Å². The molecule has 120 valence electrons. The van der Waals surface area contributed by atoms with Gasteiger partial charge in [-0.25, -0.2) is 4.98 Å². The molecular formula is C17H18N2O3S. The highest BCUT2D eigenvalue weighted by atomic mass is 32.1. The molecule has 1 N–H and O–H groups in total. The zero-order chi connectivity index (χ0) is 16.7. The topological polar surface area (TPSA) is 68.3 Å². The third-order valence-electron chi connectivity index (χ3n) is 2.92. The van der Waals surface area contributed by atoms with Gasteiger partial charge in [-0.3, -0.25) is 14.9 Å². The summed E-state index contributed by atoms with van der Waals surface area (Å²) in [4.78, 5) is 27.4. The molecule has 2 aromatic rings. The number of amides is 1. The molecule has 0 radical (unpaired) electrons. The van der Waals surface area contributed by atoms with E-state index in [0.29, 0.717) is 17.4 Å². The van der Waals surface area contributed by atoms with Crippen LogP contribution in [0.15, 0.2) is 35.7 Å². The number of rotatable bonds is 6. The number of ether oxygens (including phenoxy) is 1. The number of aryl methyl sites for hydroxylation is 1. The van der Waals surface area contributed by atoms with E-state index in [4.69, 9.17) is 4.74 Å². The highest BCUT2D eigenvalue weighted by Gasteiger charge is 2.09. The van der Waals surface area contributed by atoms with Gasteiger partial charge in [-0.1, -0.05) is 29.8 Å². The van der Waals surface area contributed by atoms with Crippen molar-refractivity contribution in [2.45, 2.75) is 20.3 Å². The van der Waals surface area contributed by atoms with Crippen LogP contribution in [0.25, 0.3) is 6.08 Å². The van der Waals surface area contributed by atoms with Crippen molar-refractivity contribution >= 4 is 34.4 Å². The average Bonchev–Trinajstić information content (AvgIpc) is 2.94. The van der Waals surface area contributed by atoms with Gasteiger partial charge in [0.25, 0.3) is 0 Å². The summed E-state index contributed by atoms with van der Waals surface area (Å²) in [5.74, 6) is -0.586. The first-order valence-electron chi connectivity index (χ1n) is 7.22. The molecular weight excluding hydrogens is 312 g/mol. The zero-order valence-electron chi connectivity index (χ0n) is 13.0. The molecule has 0 bridgehead atoms. The third kappa shape index (κ3) is 5.67. The highest BCUT2D eigenvalue weighted by Crippen LogP contribution is 2.16.